The van der Waals surface area contributed by atoms with Crippen LogP contribution in [0.25, 0.3) is 0 Å². The van der Waals surface area contributed by atoms with Gasteiger partial charge in [-0.15, -0.1) is 0 Å². The van der Waals surface area contributed by atoms with Crippen LogP contribution in [0.1, 0.15) is 65.2 Å². The molecule has 0 radical (unpaired) electrons. The van der Waals surface area contributed by atoms with Gasteiger partial charge in [0.2, 0.25) is 0 Å². The van der Waals surface area contributed by atoms with E-state index < -0.39 is 0 Å². The summed E-state index contributed by atoms with van der Waals surface area (Å²) in [6.07, 6.45) is 5.51. The van der Waals surface area contributed by atoms with Crippen LogP contribution in [0.2, 0.25) is 0 Å². The van der Waals surface area contributed by atoms with Crippen molar-refractivity contribution in [3.8, 4) is 0 Å². The van der Waals surface area contributed by atoms with Crippen molar-refractivity contribution < 1.29 is 9.59 Å². The molecule has 0 saturated carbocycles. The van der Waals surface area contributed by atoms with Crippen molar-refractivity contribution >= 4 is 12.6 Å². The van der Waals surface area contributed by atoms with Gasteiger partial charge >= 0.3 is 0 Å². The minimum absolute atomic E-state index is 0.859. The summed E-state index contributed by atoms with van der Waals surface area (Å²) in [6.45, 7) is 8.20. The number of carbonyl (C=O) groups excluding carboxylic acids is 2. The Balaban J connectivity index is 2.14. The van der Waals surface area contributed by atoms with Crippen LogP contribution in [0.5, 0.6) is 0 Å². The van der Waals surface area contributed by atoms with Crippen molar-refractivity contribution in [2.24, 2.45) is 0 Å². The summed E-state index contributed by atoms with van der Waals surface area (Å²) in [5, 5.41) is 0. The van der Waals surface area contributed by atoms with Gasteiger partial charge in [0.25, 0.3) is 0 Å². The van der Waals surface area contributed by atoms with Gasteiger partial charge in [0.05, 0.1) is 0 Å². The van der Waals surface area contributed by atoms with Crippen LogP contribution in [0.4, 0.5) is 0 Å². The van der Waals surface area contributed by atoms with Crippen molar-refractivity contribution in [2.45, 2.75) is 53.4 Å². The molecule has 0 aromatic heterocycles. The molecule has 24 heavy (non-hydrogen) atoms. The summed E-state index contributed by atoms with van der Waals surface area (Å²) < 4.78 is 0. The van der Waals surface area contributed by atoms with Gasteiger partial charge in [-0.25, -0.2) is 0 Å². The van der Waals surface area contributed by atoms with Crippen LogP contribution >= 0.6 is 0 Å². The standard InChI is InChI=1S/C22H24O2/c1-13-9-17-5-7-20-18(10-14(2)16(4)22(20)12-24)6-8-19(17)21(11-23)15(13)3/h9-12H,5-8H2,1-4H3. The number of carbonyl (C=O) groups is 2. The normalized spacial score (nSPS) is 13.5. The summed E-state index contributed by atoms with van der Waals surface area (Å²) in [5.74, 6) is 0. The molecule has 0 saturated heterocycles. The number of hydrogen-bond donors (Lipinski definition) is 0. The van der Waals surface area contributed by atoms with Crippen molar-refractivity contribution in [2.75, 3.05) is 0 Å². The lowest BCUT2D eigenvalue weighted by atomic mass is 9.81. The molecule has 3 rings (SSSR count). The van der Waals surface area contributed by atoms with E-state index in [1.807, 2.05) is 13.8 Å². The minimum Gasteiger partial charge on any atom is -0.298 e. The summed E-state index contributed by atoms with van der Waals surface area (Å²) in [7, 11) is 0. The first kappa shape index (κ1) is 16.6. The first-order chi connectivity index (χ1) is 11.5. The van der Waals surface area contributed by atoms with Crippen LogP contribution in [-0.4, -0.2) is 12.6 Å². The van der Waals surface area contributed by atoms with E-state index in [0.29, 0.717) is 0 Å². The first-order valence-electron chi connectivity index (χ1n) is 8.62. The maximum Gasteiger partial charge on any atom is 0.150 e. The monoisotopic (exact) mass is 320 g/mol. The fraction of sp³-hybridized carbons (Fsp3) is 0.364. The maximum absolute atomic E-state index is 11.6. The molecule has 124 valence electrons. The lowest BCUT2D eigenvalue weighted by Crippen LogP contribution is -2.14. The number of aryl methyl sites for hydroxylation is 4. The predicted octanol–water partition coefficient (Wildman–Crippen LogP) is 4.43. The van der Waals surface area contributed by atoms with E-state index in [1.165, 1.54) is 33.4 Å². The zero-order valence-corrected chi connectivity index (χ0v) is 15.0. The third-order valence-electron chi connectivity index (χ3n) is 5.72. The average Bonchev–Trinajstić information content (AvgIpc) is 2.55. The Morgan fingerprint density at radius 3 is 1.38 bits per heavy atom. The van der Waals surface area contributed by atoms with E-state index in [1.54, 1.807) is 0 Å². The molecular formula is C22H24O2. The van der Waals surface area contributed by atoms with Crippen LogP contribution in [0.3, 0.4) is 0 Å². The number of benzene rings is 2. The van der Waals surface area contributed by atoms with E-state index in [4.69, 9.17) is 0 Å². The number of fused-ring (bicyclic) bond motifs is 2. The van der Waals surface area contributed by atoms with Crippen LogP contribution < -0.4 is 0 Å². The average molecular weight is 320 g/mol. The molecule has 0 N–H and O–H groups in total. The number of hydrogen-bond acceptors (Lipinski definition) is 2. The van der Waals surface area contributed by atoms with E-state index >= 15 is 0 Å². The topological polar surface area (TPSA) is 34.1 Å². The van der Waals surface area contributed by atoms with E-state index in [2.05, 4.69) is 26.0 Å². The third kappa shape index (κ3) is 2.60. The molecular weight excluding hydrogens is 296 g/mol. The highest BCUT2D eigenvalue weighted by atomic mass is 16.1. The highest BCUT2D eigenvalue weighted by Gasteiger charge is 2.20. The number of aldehydes is 2. The van der Waals surface area contributed by atoms with Crippen molar-refractivity contribution in [1.82, 2.24) is 0 Å². The molecule has 0 amide bonds. The molecule has 0 heterocycles. The summed E-state index contributed by atoms with van der Waals surface area (Å²) in [6, 6.07) is 4.45. The van der Waals surface area contributed by atoms with Crippen LogP contribution in [0, 0.1) is 27.7 Å². The molecule has 0 unspecified atom stereocenters. The van der Waals surface area contributed by atoms with Gasteiger partial charge in [-0.3, -0.25) is 9.59 Å². The molecule has 1 aliphatic rings. The SMILES string of the molecule is Cc1cc2c(c(C=O)c1C)CCc1cc(C)c(C)c(C=O)c1CC2. The van der Waals surface area contributed by atoms with Gasteiger partial charge in [0.1, 0.15) is 0 Å². The zero-order valence-electron chi connectivity index (χ0n) is 15.0. The highest BCUT2D eigenvalue weighted by molar-refractivity contribution is 5.82. The lowest BCUT2D eigenvalue weighted by molar-refractivity contribution is 0.111. The maximum atomic E-state index is 11.6. The van der Waals surface area contributed by atoms with Gasteiger partial charge in [0.15, 0.2) is 12.6 Å². The van der Waals surface area contributed by atoms with Gasteiger partial charge in [0, 0.05) is 11.1 Å². The zero-order chi connectivity index (χ0) is 17.4. The minimum atomic E-state index is 0.859. The molecule has 0 aliphatic heterocycles. The summed E-state index contributed by atoms with van der Waals surface area (Å²) in [4.78, 5) is 23.3. The fourth-order valence-corrected chi connectivity index (χ4v) is 4.01. The largest absolute Gasteiger partial charge is 0.298 e. The quantitative estimate of drug-likeness (QED) is 0.767. The second-order valence-corrected chi connectivity index (χ2v) is 6.98. The lowest BCUT2D eigenvalue weighted by Gasteiger charge is -2.23. The molecule has 0 spiro atoms. The second kappa shape index (κ2) is 6.35. The highest BCUT2D eigenvalue weighted by Crippen LogP contribution is 2.30. The van der Waals surface area contributed by atoms with Gasteiger partial charge < -0.3 is 0 Å². The molecule has 0 atom stereocenters. The Bertz CT molecular complexity index is 773. The van der Waals surface area contributed by atoms with Crippen molar-refractivity contribution in [1.29, 1.82) is 0 Å². The Morgan fingerprint density at radius 2 is 1.04 bits per heavy atom. The fourth-order valence-electron chi connectivity index (χ4n) is 4.01. The van der Waals surface area contributed by atoms with Gasteiger partial charge in [-0.1, -0.05) is 12.1 Å². The molecule has 2 aromatic carbocycles. The van der Waals surface area contributed by atoms with Gasteiger partial charge in [-0.2, -0.15) is 0 Å². The molecule has 1 aliphatic carbocycles. The Hall–Kier alpha value is -2.22. The van der Waals surface area contributed by atoms with Crippen LogP contribution in [-0.2, 0) is 25.7 Å². The van der Waals surface area contributed by atoms with Crippen molar-refractivity contribution in [3.05, 3.63) is 67.8 Å². The van der Waals surface area contributed by atoms with E-state index in [-0.39, 0.29) is 0 Å². The summed E-state index contributed by atoms with van der Waals surface area (Å²) >= 11 is 0. The summed E-state index contributed by atoms with van der Waals surface area (Å²) in [5.41, 5.74) is 11.2. The molecule has 2 heteroatoms. The molecule has 2 aromatic rings. The Labute approximate surface area is 143 Å². The predicted molar refractivity (Wildman–Crippen MR) is 97.4 cm³/mol. The van der Waals surface area contributed by atoms with E-state index in [9.17, 15) is 9.59 Å². The number of rotatable bonds is 2. The van der Waals surface area contributed by atoms with Crippen LogP contribution in [0.15, 0.2) is 12.1 Å². The van der Waals surface area contributed by atoms with Gasteiger partial charge in [-0.05, 0) is 97.9 Å². The molecule has 0 bridgehead atoms. The Morgan fingerprint density at radius 1 is 0.667 bits per heavy atom. The molecule has 2 nitrogen and oxygen atoms in total. The molecule has 0 fully saturated rings. The van der Waals surface area contributed by atoms with E-state index in [0.717, 1.165) is 60.5 Å². The Kier molecular flexibility index (Phi) is 4.40. The third-order valence-corrected chi connectivity index (χ3v) is 5.72. The van der Waals surface area contributed by atoms with Crippen molar-refractivity contribution in [3.63, 3.8) is 0 Å². The second-order valence-electron chi connectivity index (χ2n) is 6.98. The smallest absolute Gasteiger partial charge is 0.150 e. The first-order valence-corrected chi connectivity index (χ1v) is 8.62.